The van der Waals surface area contributed by atoms with Gasteiger partial charge in [0.25, 0.3) is 0 Å². The minimum atomic E-state index is -0.0161. The largest absolute Gasteiger partial charge is 0.372 e. The van der Waals surface area contributed by atoms with E-state index in [2.05, 4.69) is 61.5 Å². The minimum Gasteiger partial charge on any atom is -0.372 e. The van der Waals surface area contributed by atoms with Crippen molar-refractivity contribution in [3.8, 4) is 11.3 Å². The van der Waals surface area contributed by atoms with Crippen molar-refractivity contribution in [2.45, 2.75) is 32.3 Å². The van der Waals surface area contributed by atoms with Crippen LogP contribution in [0.4, 0.5) is 0 Å². The van der Waals surface area contributed by atoms with Crippen LogP contribution in [-0.2, 0) is 11.2 Å². The molecule has 3 rings (SSSR count). The summed E-state index contributed by atoms with van der Waals surface area (Å²) in [5.41, 5.74) is 4.41. The molecule has 0 aliphatic rings. The molecule has 1 heterocycles. The van der Waals surface area contributed by atoms with E-state index >= 15 is 0 Å². The number of aromatic nitrogens is 1. The summed E-state index contributed by atoms with van der Waals surface area (Å²) in [6.45, 7) is 2.95. The molecule has 0 saturated heterocycles. The Bertz CT molecular complexity index is 755. The van der Waals surface area contributed by atoms with Crippen molar-refractivity contribution >= 4 is 0 Å². The van der Waals surface area contributed by atoms with Gasteiger partial charge in [-0.05, 0) is 24.1 Å². The SMILES string of the molecule is CCCCOC(Cc1ccccc1)c1cccc(-c2ccccc2)n1. The van der Waals surface area contributed by atoms with Gasteiger partial charge in [-0.2, -0.15) is 0 Å². The Kier molecular flexibility index (Phi) is 6.35. The summed E-state index contributed by atoms with van der Waals surface area (Å²) in [4.78, 5) is 4.89. The van der Waals surface area contributed by atoms with Gasteiger partial charge in [0, 0.05) is 18.6 Å². The molecule has 0 spiro atoms. The monoisotopic (exact) mass is 331 g/mol. The lowest BCUT2D eigenvalue weighted by Crippen LogP contribution is -2.11. The Morgan fingerprint density at radius 3 is 2.28 bits per heavy atom. The van der Waals surface area contributed by atoms with Crippen molar-refractivity contribution in [1.29, 1.82) is 0 Å². The van der Waals surface area contributed by atoms with Crippen molar-refractivity contribution in [3.05, 3.63) is 90.1 Å². The van der Waals surface area contributed by atoms with Gasteiger partial charge in [0.05, 0.1) is 11.4 Å². The molecule has 25 heavy (non-hydrogen) atoms. The van der Waals surface area contributed by atoms with Crippen molar-refractivity contribution in [3.63, 3.8) is 0 Å². The van der Waals surface area contributed by atoms with Crippen LogP contribution in [0.5, 0.6) is 0 Å². The summed E-state index contributed by atoms with van der Waals surface area (Å²) in [7, 11) is 0. The first-order chi connectivity index (χ1) is 12.4. The van der Waals surface area contributed by atoms with Gasteiger partial charge >= 0.3 is 0 Å². The van der Waals surface area contributed by atoms with Crippen LogP contribution in [-0.4, -0.2) is 11.6 Å². The Morgan fingerprint density at radius 2 is 1.56 bits per heavy atom. The van der Waals surface area contributed by atoms with Gasteiger partial charge in [-0.1, -0.05) is 80.1 Å². The van der Waals surface area contributed by atoms with Gasteiger partial charge in [-0.3, -0.25) is 4.98 Å². The summed E-state index contributed by atoms with van der Waals surface area (Å²) in [6, 6.07) is 27.0. The molecular formula is C23H25NO. The zero-order chi connectivity index (χ0) is 17.3. The average molecular weight is 331 g/mol. The van der Waals surface area contributed by atoms with E-state index in [1.54, 1.807) is 0 Å². The van der Waals surface area contributed by atoms with E-state index in [1.165, 1.54) is 5.56 Å². The third-order valence-electron chi connectivity index (χ3n) is 4.25. The smallest absolute Gasteiger partial charge is 0.103 e. The van der Waals surface area contributed by atoms with Crippen LogP contribution < -0.4 is 0 Å². The second-order valence-corrected chi connectivity index (χ2v) is 6.22. The predicted molar refractivity (Wildman–Crippen MR) is 103 cm³/mol. The van der Waals surface area contributed by atoms with E-state index in [0.29, 0.717) is 0 Å². The molecule has 0 amide bonds. The molecule has 2 nitrogen and oxygen atoms in total. The number of hydrogen-bond donors (Lipinski definition) is 0. The minimum absolute atomic E-state index is 0.0161. The zero-order valence-electron chi connectivity index (χ0n) is 14.8. The first-order valence-electron chi connectivity index (χ1n) is 9.04. The Balaban J connectivity index is 1.84. The van der Waals surface area contributed by atoms with Gasteiger partial charge in [-0.25, -0.2) is 0 Å². The number of unbranched alkanes of at least 4 members (excludes halogenated alkanes) is 1. The number of benzene rings is 2. The van der Waals surface area contributed by atoms with E-state index in [-0.39, 0.29) is 6.10 Å². The molecular weight excluding hydrogens is 306 g/mol. The van der Waals surface area contributed by atoms with E-state index in [0.717, 1.165) is 42.8 Å². The molecule has 0 aliphatic heterocycles. The Morgan fingerprint density at radius 1 is 0.840 bits per heavy atom. The highest BCUT2D eigenvalue weighted by Crippen LogP contribution is 2.24. The number of ether oxygens (including phenoxy) is 1. The van der Waals surface area contributed by atoms with E-state index < -0.39 is 0 Å². The normalized spacial score (nSPS) is 12.0. The summed E-state index contributed by atoms with van der Waals surface area (Å²) >= 11 is 0. The van der Waals surface area contributed by atoms with Gasteiger partial charge < -0.3 is 4.74 Å². The van der Waals surface area contributed by atoms with E-state index in [9.17, 15) is 0 Å². The fourth-order valence-electron chi connectivity index (χ4n) is 2.85. The highest BCUT2D eigenvalue weighted by Gasteiger charge is 2.15. The maximum atomic E-state index is 6.20. The van der Waals surface area contributed by atoms with Crippen LogP contribution >= 0.6 is 0 Å². The maximum absolute atomic E-state index is 6.20. The molecule has 2 heteroatoms. The summed E-state index contributed by atoms with van der Waals surface area (Å²) < 4.78 is 6.20. The Hall–Kier alpha value is -2.45. The second kappa shape index (κ2) is 9.14. The third kappa shape index (κ3) is 5.01. The lowest BCUT2D eigenvalue weighted by atomic mass is 10.0. The first-order valence-corrected chi connectivity index (χ1v) is 9.04. The van der Waals surface area contributed by atoms with E-state index in [1.807, 2.05) is 24.3 Å². The lowest BCUT2D eigenvalue weighted by Gasteiger charge is -2.18. The molecule has 0 radical (unpaired) electrons. The second-order valence-electron chi connectivity index (χ2n) is 6.22. The van der Waals surface area contributed by atoms with Crippen LogP contribution in [0.15, 0.2) is 78.9 Å². The topological polar surface area (TPSA) is 22.1 Å². The number of rotatable bonds is 8. The number of pyridine rings is 1. The van der Waals surface area contributed by atoms with Gasteiger partial charge in [0.1, 0.15) is 6.10 Å². The standard InChI is InChI=1S/C23H25NO/c1-2-3-17-25-23(18-19-11-6-4-7-12-19)22-16-10-15-21(24-22)20-13-8-5-9-14-20/h4-16,23H,2-3,17-18H2,1H3. The molecule has 0 fully saturated rings. The van der Waals surface area contributed by atoms with Crippen LogP contribution in [0, 0.1) is 0 Å². The molecule has 1 atom stereocenters. The highest BCUT2D eigenvalue weighted by atomic mass is 16.5. The van der Waals surface area contributed by atoms with Gasteiger partial charge in [0.15, 0.2) is 0 Å². The third-order valence-corrected chi connectivity index (χ3v) is 4.25. The first kappa shape index (κ1) is 17.4. The summed E-state index contributed by atoms with van der Waals surface area (Å²) in [5.74, 6) is 0. The fraction of sp³-hybridized carbons (Fsp3) is 0.261. The molecule has 0 bridgehead atoms. The molecule has 3 aromatic rings. The Labute approximate surface area is 150 Å². The summed E-state index contributed by atoms with van der Waals surface area (Å²) in [6.07, 6.45) is 3.03. The van der Waals surface area contributed by atoms with Crippen molar-refractivity contribution in [1.82, 2.24) is 4.98 Å². The fourth-order valence-corrected chi connectivity index (χ4v) is 2.85. The van der Waals surface area contributed by atoms with Crippen LogP contribution in [0.3, 0.4) is 0 Å². The molecule has 0 saturated carbocycles. The van der Waals surface area contributed by atoms with Crippen LogP contribution in [0.2, 0.25) is 0 Å². The molecule has 0 N–H and O–H groups in total. The number of nitrogens with zero attached hydrogens (tertiary/aromatic N) is 1. The maximum Gasteiger partial charge on any atom is 0.103 e. The van der Waals surface area contributed by atoms with Gasteiger partial charge in [0.2, 0.25) is 0 Å². The van der Waals surface area contributed by atoms with Crippen LogP contribution in [0.25, 0.3) is 11.3 Å². The highest BCUT2D eigenvalue weighted by molar-refractivity contribution is 5.58. The number of hydrogen-bond acceptors (Lipinski definition) is 2. The zero-order valence-corrected chi connectivity index (χ0v) is 14.8. The average Bonchev–Trinajstić information content (AvgIpc) is 2.69. The van der Waals surface area contributed by atoms with Crippen molar-refractivity contribution in [2.75, 3.05) is 6.61 Å². The van der Waals surface area contributed by atoms with Crippen molar-refractivity contribution in [2.24, 2.45) is 0 Å². The molecule has 1 aromatic heterocycles. The van der Waals surface area contributed by atoms with Crippen LogP contribution in [0.1, 0.15) is 37.1 Å². The lowest BCUT2D eigenvalue weighted by molar-refractivity contribution is 0.0481. The molecule has 0 aliphatic carbocycles. The summed E-state index contributed by atoms with van der Waals surface area (Å²) in [5, 5.41) is 0. The van der Waals surface area contributed by atoms with Gasteiger partial charge in [-0.15, -0.1) is 0 Å². The predicted octanol–water partition coefficient (Wildman–Crippen LogP) is 5.85. The molecule has 1 unspecified atom stereocenters. The van der Waals surface area contributed by atoms with E-state index in [4.69, 9.17) is 9.72 Å². The van der Waals surface area contributed by atoms with Crippen molar-refractivity contribution < 1.29 is 4.74 Å². The molecule has 2 aromatic carbocycles. The quantitative estimate of drug-likeness (QED) is 0.483. The molecule has 128 valence electrons.